The van der Waals surface area contributed by atoms with Gasteiger partial charge in [0, 0.05) is 11.9 Å². The summed E-state index contributed by atoms with van der Waals surface area (Å²) in [6.45, 7) is 1.31. The zero-order valence-corrected chi connectivity index (χ0v) is 10.7. The molecular weight excluding hydrogens is 239 g/mol. The minimum Gasteiger partial charge on any atom is -1.00 e. The molecule has 0 saturated carbocycles. The molecule has 0 aliphatic rings. The van der Waals surface area contributed by atoms with Crippen LogP contribution in [0.15, 0.2) is 18.2 Å². The van der Waals surface area contributed by atoms with Gasteiger partial charge in [-0.15, -0.1) is 0 Å². The van der Waals surface area contributed by atoms with Crippen molar-refractivity contribution in [1.82, 2.24) is 0 Å². The van der Waals surface area contributed by atoms with Crippen LogP contribution in [0.25, 0.3) is 0 Å². The Kier molecular flexibility index (Phi) is 6.34. The molecular formula is C8H8CaCl2O2. The van der Waals surface area contributed by atoms with Crippen LogP contribution in [0.3, 0.4) is 0 Å². The van der Waals surface area contributed by atoms with Crippen molar-refractivity contribution < 1.29 is 12.4 Å². The molecule has 1 rings (SSSR count). The summed E-state index contributed by atoms with van der Waals surface area (Å²) in [5.74, 6) is -0.0761. The third-order valence-electron chi connectivity index (χ3n) is 1.15. The van der Waals surface area contributed by atoms with Crippen LogP contribution in [0.4, 0.5) is 0 Å². The van der Waals surface area contributed by atoms with Crippen LogP contribution in [-0.4, -0.2) is 43.7 Å². The van der Waals surface area contributed by atoms with Gasteiger partial charge >= 0.3 is 43.7 Å². The van der Waals surface area contributed by atoms with Crippen LogP contribution in [0, 0.1) is 0 Å². The van der Waals surface area contributed by atoms with Gasteiger partial charge in [-0.2, -0.15) is 0 Å². The molecule has 1 aromatic carbocycles. The Bertz CT molecular complexity index is 324. The van der Waals surface area contributed by atoms with E-state index in [1.165, 1.54) is 13.0 Å². The maximum Gasteiger partial charge on any atom is 2.00 e. The topological polar surface area (TPSA) is 26.3 Å². The summed E-state index contributed by atoms with van der Waals surface area (Å²) in [4.78, 5) is 10.5. The molecule has 0 bridgehead atoms. The van der Waals surface area contributed by atoms with E-state index in [-0.39, 0.29) is 40.6 Å². The Morgan fingerprint density at radius 1 is 1.46 bits per heavy atom. The van der Waals surface area contributed by atoms with E-state index < -0.39 is 5.97 Å². The summed E-state index contributed by atoms with van der Waals surface area (Å²) < 4.78 is 4.77. The molecule has 2 nitrogen and oxygen atoms in total. The van der Waals surface area contributed by atoms with Crippen molar-refractivity contribution in [2.75, 3.05) is 0 Å². The summed E-state index contributed by atoms with van der Waals surface area (Å²) in [7, 11) is 0. The molecule has 0 amide bonds. The third-order valence-corrected chi connectivity index (χ3v) is 1.68. The van der Waals surface area contributed by atoms with Gasteiger partial charge in [0.15, 0.2) is 0 Å². The van der Waals surface area contributed by atoms with E-state index in [0.29, 0.717) is 15.8 Å². The number of hydrogen-bond acceptors (Lipinski definition) is 2. The first kappa shape index (κ1) is 13.5. The average molecular weight is 247 g/mol. The Labute approximate surface area is 119 Å². The van der Waals surface area contributed by atoms with E-state index in [2.05, 4.69) is 0 Å². The van der Waals surface area contributed by atoms with Crippen LogP contribution >= 0.6 is 23.2 Å². The number of benzene rings is 1. The molecule has 0 aliphatic heterocycles. The Morgan fingerprint density at radius 3 is 2.54 bits per heavy atom. The monoisotopic (exact) mass is 246 g/mol. The molecule has 0 spiro atoms. The van der Waals surface area contributed by atoms with Crippen molar-refractivity contribution in [1.29, 1.82) is 0 Å². The SMILES string of the molecule is CC(=O)Oc1ccc(Cl)cc1Cl.[Ca+2].[H-].[H-]. The molecule has 0 saturated heterocycles. The average Bonchev–Trinajstić information content (AvgIpc) is 1.94. The van der Waals surface area contributed by atoms with Gasteiger partial charge in [-0.1, -0.05) is 23.2 Å². The largest absolute Gasteiger partial charge is 2.00 e. The van der Waals surface area contributed by atoms with Gasteiger partial charge in [-0.25, -0.2) is 0 Å². The fraction of sp³-hybridized carbons (Fsp3) is 0.125. The van der Waals surface area contributed by atoms with Crippen LogP contribution in [0.1, 0.15) is 9.78 Å². The van der Waals surface area contributed by atoms with Crippen molar-refractivity contribution >= 4 is 66.9 Å². The van der Waals surface area contributed by atoms with Gasteiger partial charge in [0.1, 0.15) is 5.75 Å². The number of halogens is 2. The summed E-state index contributed by atoms with van der Waals surface area (Å²) in [5, 5.41) is 0.841. The molecule has 0 aromatic heterocycles. The van der Waals surface area contributed by atoms with Crippen molar-refractivity contribution in [2.45, 2.75) is 6.92 Å². The first-order chi connectivity index (χ1) is 5.59. The number of carbonyl (C=O) groups is 1. The molecule has 68 valence electrons. The van der Waals surface area contributed by atoms with E-state index in [1.807, 2.05) is 0 Å². The predicted octanol–water partition coefficient (Wildman–Crippen LogP) is 2.76. The molecule has 0 radical (unpaired) electrons. The van der Waals surface area contributed by atoms with Gasteiger partial charge in [0.2, 0.25) is 0 Å². The summed E-state index contributed by atoms with van der Waals surface area (Å²) >= 11 is 11.3. The number of carbonyl (C=O) groups excluding carboxylic acids is 1. The van der Waals surface area contributed by atoms with Crippen LogP contribution in [0.5, 0.6) is 5.75 Å². The van der Waals surface area contributed by atoms with Crippen molar-refractivity contribution in [3.63, 3.8) is 0 Å². The fourth-order valence-electron chi connectivity index (χ4n) is 0.713. The van der Waals surface area contributed by atoms with Crippen molar-refractivity contribution in [3.8, 4) is 5.75 Å². The second-order valence-electron chi connectivity index (χ2n) is 2.17. The molecule has 0 fully saturated rings. The van der Waals surface area contributed by atoms with Crippen LogP contribution in [0.2, 0.25) is 10.0 Å². The number of hydrogen-bond donors (Lipinski definition) is 0. The summed E-state index contributed by atoms with van der Waals surface area (Å²) in [6, 6.07) is 4.67. The molecule has 0 unspecified atom stereocenters. The normalized spacial score (nSPS) is 8.85. The van der Waals surface area contributed by atoms with E-state index >= 15 is 0 Å². The molecule has 0 aliphatic carbocycles. The predicted molar refractivity (Wildman–Crippen MR) is 55.7 cm³/mol. The zero-order valence-electron chi connectivity index (χ0n) is 9.01. The standard InChI is InChI=1S/C8H6Cl2O2.Ca.2H/c1-5(11)12-8-3-2-6(9)4-7(8)10;;;/h2-4H,1H3;;;/q;+2;2*-1. The second-order valence-corrected chi connectivity index (χ2v) is 3.01. The van der Waals surface area contributed by atoms with Gasteiger partial charge in [0.05, 0.1) is 5.02 Å². The van der Waals surface area contributed by atoms with E-state index in [1.54, 1.807) is 12.1 Å². The molecule has 0 N–H and O–H groups in total. The van der Waals surface area contributed by atoms with Gasteiger partial charge in [-0.05, 0) is 18.2 Å². The quantitative estimate of drug-likeness (QED) is 0.433. The first-order valence-corrected chi connectivity index (χ1v) is 3.98. The van der Waals surface area contributed by atoms with Gasteiger partial charge < -0.3 is 7.59 Å². The fourth-order valence-corrected chi connectivity index (χ4v) is 1.16. The molecule has 1 aromatic rings. The Morgan fingerprint density at radius 2 is 2.08 bits per heavy atom. The van der Waals surface area contributed by atoms with E-state index in [4.69, 9.17) is 27.9 Å². The third kappa shape index (κ3) is 4.52. The molecule has 0 atom stereocenters. The Balaban J connectivity index is -0.000000480. The minimum atomic E-state index is -0.403. The van der Waals surface area contributed by atoms with Crippen molar-refractivity contribution in [2.24, 2.45) is 0 Å². The van der Waals surface area contributed by atoms with Crippen LogP contribution < -0.4 is 4.74 Å². The number of rotatable bonds is 1. The maximum absolute atomic E-state index is 10.5. The first-order valence-electron chi connectivity index (χ1n) is 3.23. The minimum absolute atomic E-state index is 0. The van der Waals surface area contributed by atoms with Crippen LogP contribution in [-0.2, 0) is 4.79 Å². The van der Waals surface area contributed by atoms with E-state index in [0.717, 1.165) is 0 Å². The van der Waals surface area contributed by atoms with Crippen molar-refractivity contribution in [3.05, 3.63) is 28.2 Å². The zero-order chi connectivity index (χ0) is 9.14. The summed E-state index contributed by atoms with van der Waals surface area (Å²) in [6.07, 6.45) is 0. The maximum atomic E-state index is 10.5. The molecule has 0 heterocycles. The smallest absolute Gasteiger partial charge is 1.00 e. The molecule has 5 heteroatoms. The molecule has 13 heavy (non-hydrogen) atoms. The van der Waals surface area contributed by atoms with E-state index in [9.17, 15) is 4.79 Å². The second kappa shape index (κ2) is 6.10. The Hall–Kier alpha value is 0.530. The van der Waals surface area contributed by atoms with Gasteiger partial charge in [0.25, 0.3) is 0 Å². The number of esters is 1. The summed E-state index contributed by atoms with van der Waals surface area (Å²) in [5.41, 5.74) is 0. The van der Waals surface area contributed by atoms with Gasteiger partial charge in [-0.3, -0.25) is 4.79 Å². The number of ether oxygens (including phenoxy) is 1.